The maximum absolute atomic E-state index is 11.9. The first-order valence-corrected chi connectivity index (χ1v) is 10.1. The van der Waals surface area contributed by atoms with Gasteiger partial charge < -0.3 is 9.47 Å². The van der Waals surface area contributed by atoms with E-state index in [1.165, 1.54) is 0 Å². The zero-order valence-corrected chi connectivity index (χ0v) is 14.3. The summed E-state index contributed by atoms with van der Waals surface area (Å²) >= 11 is 0. The second kappa shape index (κ2) is 5.83. The standard InChI is InChI=1S/C14H24N2O3Si/c1-14(2,3)19-13(17)16-10-8-15-9-11(18-4)12(10)20(5,6)7/h8-9H,1-7H3,(H,16,17). The molecule has 1 heterocycles. The average molecular weight is 296 g/mol. The number of nitrogens with one attached hydrogen (secondary N) is 1. The van der Waals surface area contributed by atoms with Crippen molar-refractivity contribution in [3.05, 3.63) is 12.4 Å². The third kappa shape index (κ3) is 4.52. The quantitative estimate of drug-likeness (QED) is 0.871. The molecule has 0 unspecified atom stereocenters. The Bertz CT molecular complexity index is 490. The van der Waals surface area contributed by atoms with Crippen LogP contribution in [0.3, 0.4) is 0 Å². The van der Waals surface area contributed by atoms with Crippen molar-refractivity contribution in [2.75, 3.05) is 12.4 Å². The Morgan fingerprint density at radius 3 is 2.30 bits per heavy atom. The number of carbonyl (C=O) groups excluding carboxylic acids is 1. The lowest BCUT2D eigenvalue weighted by molar-refractivity contribution is 0.0636. The Morgan fingerprint density at radius 1 is 1.25 bits per heavy atom. The highest BCUT2D eigenvalue weighted by molar-refractivity contribution is 6.90. The van der Waals surface area contributed by atoms with Gasteiger partial charge in [0.2, 0.25) is 0 Å². The highest BCUT2D eigenvalue weighted by Gasteiger charge is 2.27. The number of nitrogens with zero attached hydrogens (tertiary/aromatic N) is 1. The van der Waals surface area contributed by atoms with Crippen molar-refractivity contribution in [1.29, 1.82) is 0 Å². The minimum absolute atomic E-state index is 0.480. The molecule has 0 aliphatic carbocycles. The molecule has 1 rings (SSSR count). The summed E-state index contributed by atoms with van der Waals surface area (Å²) in [6.07, 6.45) is 2.83. The van der Waals surface area contributed by atoms with Gasteiger partial charge in [-0.25, -0.2) is 4.79 Å². The van der Waals surface area contributed by atoms with Gasteiger partial charge >= 0.3 is 6.09 Å². The Kier molecular flexibility index (Phi) is 4.80. The maximum atomic E-state index is 11.9. The number of anilines is 1. The van der Waals surface area contributed by atoms with Crippen LogP contribution in [-0.4, -0.2) is 31.9 Å². The molecule has 6 heteroatoms. The Morgan fingerprint density at radius 2 is 1.85 bits per heavy atom. The molecule has 0 radical (unpaired) electrons. The van der Waals surface area contributed by atoms with Gasteiger partial charge in [-0.2, -0.15) is 0 Å². The number of methoxy groups -OCH3 is 1. The van der Waals surface area contributed by atoms with Crippen molar-refractivity contribution in [2.24, 2.45) is 0 Å². The summed E-state index contributed by atoms with van der Waals surface area (Å²) in [6, 6.07) is 0. The predicted molar refractivity (Wildman–Crippen MR) is 83.6 cm³/mol. The van der Waals surface area contributed by atoms with Gasteiger partial charge in [-0.15, -0.1) is 0 Å². The molecule has 0 aliphatic rings. The van der Waals surface area contributed by atoms with E-state index in [1.54, 1.807) is 19.5 Å². The lowest BCUT2D eigenvalue weighted by Crippen LogP contribution is -2.41. The lowest BCUT2D eigenvalue weighted by Gasteiger charge is -2.25. The molecule has 0 spiro atoms. The van der Waals surface area contributed by atoms with Crippen molar-refractivity contribution in [2.45, 2.75) is 46.0 Å². The molecule has 1 aromatic heterocycles. The molecule has 0 fully saturated rings. The summed E-state index contributed by atoms with van der Waals surface area (Å²) in [4.78, 5) is 16.0. The zero-order chi connectivity index (χ0) is 15.6. The molecular weight excluding hydrogens is 272 g/mol. The SMILES string of the molecule is COc1cncc(NC(=O)OC(C)(C)C)c1[Si](C)(C)C. The first-order valence-electron chi connectivity index (χ1n) is 6.57. The first-order chi connectivity index (χ1) is 9.04. The van der Waals surface area contributed by atoms with E-state index in [9.17, 15) is 4.79 Å². The van der Waals surface area contributed by atoms with E-state index >= 15 is 0 Å². The molecule has 5 nitrogen and oxygen atoms in total. The molecule has 1 amide bonds. The van der Waals surface area contributed by atoms with Crippen molar-refractivity contribution in [3.8, 4) is 5.75 Å². The molecule has 1 aromatic rings. The van der Waals surface area contributed by atoms with Crippen molar-refractivity contribution >= 4 is 25.0 Å². The summed E-state index contributed by atoms with van der Waals surface area (Å²) in [7, 11) is -0.0951. The van der Waals surface area contributed by atoms with Gasteiger partial charge in [0.15, 0.2) is 0 Å². The monoisotopic (exact) mass is 296 g/mol. The van der Waals surface area contributed by atoms with Gasteiger partial charge in [0.05, 0.1) is 33.3 Å². The molecule has 0 bridgehead atoms. The van der Waals surface area contributed by atoms with Gasteiger partial charge in [0, 0.05) is 5.19 Å². The fourth-order valence-electron chi connectivity index (χ4n) is 1.88. The molecule has 1 N–H and O–H groups in total. The normalized spacial score (nSPS) is 11.9. The smallest absolute Gasteiger partial charge is 0.412 e. The Balaban J connectivity index is 3.10. The fraction of sp³-hybridized carbons (Fsp3) is 0.571. The number of aromatic nitrogens is 1. The van der Waals surface area contributed by atoms with E-state index in [4.69, 9.17) is 9.47 Å². The van der Waals surface area contributed by atoms with Crippen molar-refractivity contribution in [1.82, 2.24) is 4.98 Å². The third-order valence-corrected chi connectivity index (χ3v) is 4.53. The fourth-order valence-corrected chi connectivity index (χ4v) is 3.72. The largest absolute Gasteiger partial charge is 0.495 e. The number of pyridine rings is 1. The molecule has 0 saturated carbocycles. The van der Waals surface area contributed by atoms with Crippen LogP contribution in [0.4, 0.5) is 10.5 Å². The van der Waals surface area contributed by atoms with E-state index in [0.717, 1.165) is 5.19 Å². The average Bonchev–Trinajstić information content (AvgIpc) is 2.24. The first kappa shape index (κ1) is 16.5. The second-order valence-corrected chi connectivity index (χ2v) is 11.6. The van der Waals surface area contributed by atoms with Crippen LogP contribution in [0.1, 0.15) is 20.8 Å². The minimum Gasteiger partial charge on any atom is -0.495 e. The second-order valence-electron chi connectivity index (χ2n) is 6.64. The summed E-state index contributed by atoms with van der Waals surface area (Å²) in [6.45, 7) is 12.0. The maximum Gasteiger partial charge on any atom is 0.412 e. The third-order valence-electron chi connectivity index (χ3n) is 2.52. The molecule has 0 saturated heterocycles. The number of hydrogen-bond acceptors (Lipinski definition) is 4. The summed E-state index contributed by atoms with van der Waals surface area (Å²) < 4.78 is 10.7. The summed E-state index contributed by atoms with van der Waals surface area (Å²) in [5.74, 6) is 0.706. The number of rotatable bonds is 3. The predicted octanol–water partition coefficient (Wildman–Crippen LogP) is 2.98. The van der Waals surface area contributed by atoms with E-state index in [0.29, 0.717) is 11.4 Å². The van der Waals surface area contributed by atoms with Crippen LogP contribution >= 0.6 is 0 Å². The van der Waals surface area contributed by atoms with Crippen LogP contribution in [0.5, 0.6) is 5.75 Å². The number of amides is 1. The van der Waals surface area contributed by atoms with E-state index in [2.05, 4.69) is 29.9 Å². The molecule has 0 aliphatic heterocycles. The topological polar surface area (TPSA) is 60.5 Å². The zero-order valence-electron chi connectivity index (χ0n) is 13.3. The number of ether oxygens (including phenoxy) is 2. The summed E-state index contributed by atoms with van der Waals surface area (Å²) in [5, 5.41) is 3.81. The van der Waals surface area contributed by atoms with Crippen LogP contribution in [-0.2, 0) is 4.74 Å². The van der Waals surface area contributed by atoms with Crippen LogP contribution < -0.4 is 15.2 Å². The highest BCUT2D eigenvalue weighted by Crippen LogP contribution is 2.20. The van der Waals surface area contributed by atoms with Gasteiger partial charge in [0.25, 0.3) is 0 Å². The van der Waals surface area contributed by atoms with Crippen molar-refractivity contribution in [3.63, 3.8) is 0 Å². The van der Waals surface area contributed by atoms with Gasteiger partial charge in [-0.1, -0.05) is 19.6 Å². The van der Waals surface area contributed by atoms with Gasteiger partial charge in [0.1, 0.15) is 11.4 Å². The van der Waals surface area contributed by atoms with Gasteiger partial charge in [-0.05, 0) is 20.8 Å². The number of carbonyl (C=O) groups is 1. The van der Waals surface area contributed by atoms with Crippen molar-refractivity contribution < 1.29 is 14.3 Å². The van der Waals surface area contributed by atoms with Crippen LogP contribution in [0.25, 0.3) is 0 Å². The molecule has 20 heavy (non-hydrogen) atoms. The molecule has 0 atom stereocenters. The molecule has 0 aromatic carbocycles. The van der Waals surface area contributed by atoms with E-state index < -0.39 is 19.8 Å². The summed E-state index contributed by atoms with van der Waals surface area (Å²) in [5.41, 5.74) is 0.133. The van der Waals surface area contributed by atoms with E-state index in [-0.39, 0.29) is 0 Å². The minimum atomic E-state index is -1.70. The van der Waals surface area contributed by atoms with E-state index in [1.807, 2.05) is 20.8 Å². The van der Waals surface area contributed by atoms with Crippen LogP contribution in [0, 0.1) is 0 Å². The number of hydrogen-bond donors (Lipinski definition) is 1. The lowest BCUT2D eigenvalue weighted by atomic mass is 10.2. The van der Waals surface area contributed by atoms with Crippen LogP contribution in [0.2, 0.25) is 19.6 Å². The molecule has 112 valence electrons. The highest BCUT2D eigenvalue weighted by atomic mass is 28.3. The van der Waals surface area contributed by atoms with Crippen LogP contribution in [0.15, 0.2) is 12.4 Å². The van der Waals surface area contributed by atoms with Gasteiger partial charge in [-0.3, -0.25) is 10.3 Å². The Labute approximate surface area is 121 Å². The molecular formula is C14H24N2O3Si. The Hall–Kier alpha value is -1.56.